The molecule has 0 unspecified atom stereocenters. The van der Waals surface area contributed by atoms with Gasteiger partial charge in [0.15, 0.2) is 17.5 Å². The molecule has 0 aliphatic carbocycles. The molecule has 12 heteroatoms. The van der Waals surface area contributed by atoms with E-state index in [1.165, 1.54) is 0 Å². The number of aliphatic imine (C=N–C) groups is 1. The van der Waals surface area contributed by atoms with Crippen molar-refractivity contribution >= 4 is 35.9 Å². The number of guanidine groups is 1. The van der Waals surface area contributed by atoms with Crippen molar-refractivity contribution in [2.75, 3.05) is 46.7 Å². The maximum absolute atomic E-state index is 12.7. The molecule has 0 spiro atoms. The first-order valence-electron chi connectivity index (χ1n) is 9.47. The van der Waals surface area contributed by atoms with E-state index in [0.29, 0.717) is 37.1 Å². The van der Waals surface area contributed by atoms with E-state index in [-0.39, 0.29) is 29.9 Å². The summed E-state index contributed by atoms with van der Waals surface area (Å²) >= 11 is 0. The maximum atomic E-state index is 12.7. The van der Waals surface area contributed by atoms with Crippen LogP contribution in [-0.2, 0) is 12.7 Å². The lowest BCUT2D eigenvalue weighted by Crippen LogP contribution is -2.40. The van der Waals surface area contributed by atoms with Crippen molar-refractivity contribution in [3.8, 4) is 11.5 Å². The fraction of sp³-hybridized carbons (Fsp3) is 0.450. The van der Waals surface area contributed by atoms with E-state index in [4.69, 9.17) is 9.47 Å². The highest BCUT2D eigenvalue weighted by Crippen LogP contribution is 2.30. The summed E-state index contributed by atoms with van der Waals surface area (Å²) in [5.74, 6) is 1.85. The lowest BCUT2D eigenvalue weighted by Gasteiger charge is -2.23. The minimum Gasteiger partial charge on any atom is -0.493 e. The maximum Gasteiger partial charge on any atom is 0.433 e. The van der Waals surface area contributed by atoms with Crippen LogP contribution in [0, 0.1) is 6.92 Å². The summed E-state index contributed by atoms with van der Waals surface area (Å²) in [5, 5.41) is 5.93. The van der Waals surface area contributed by atoms with Crippen LogP contribution in [0.5, 0.6) is 11.5 Å². The molecule has 0 saturated carbocycles. The summed E-state index contributed by atoms with van der Waals surface area (Å²) in [6, 6.07) is 4.66. The van der Waals surface area contributed by atoms with Gasteiger partial charge in [-0.05, 0) is 36.2 Å². The lowest BCUT2D eigenvalue weighted by molar-refractivity contribution is -0.141. The van der Waals surface area contributed by atoms with Crippen molar-refractivity contribution < 1.29 is 22.6 Å². The van der Waals surface area contributed by atoms with Gasteiger partial charge in [0.25, 0.3) is 0 Å². The molecular formula is C20H28F3IN6O2. The number of rotatable bonds is 8. The Morgan fingerprint density at radius 1 is 1.16 bits per heavy atom. The van der Waals surface area contributed by atoms with Crippen molar-refractivity contribution in [3.63, 3.8) is 0 Å². The Hall–Kier alpha value is -2.51. The van der Waals surface area contributed by atoms with Crippen LogP contribution in [0.3, 0.4) is 0 Å². The number of benzene rings is 1. The fourth-order valence-corrected chi connectivity index (χ4v) is 2.86. The molecule has 0 aliphatic rings. The lowest BCUT2D eigenvalue weighted by atomic mass is 10.1. The second-order valence-corrected chi connectivity index (χ2v) is 6.65. The average Bonchev–Trinajstić information content (AvgIpc) is 2.74. The third-order valence-electron chi connectivity index (χ3n) is 4.46. The Morgan fingerprint density at radius 3 is 2.41 bits per heavy atom. The molecule has 0 amide bonds. The number of nitrogens with zero attached hydrogens (tertiary/aromatic N) is 4. The fourth-order valence-electron chi connectivity index (χ4n) is 2.86. The van der Waals surface area contributed by atoms with Crippen LogP contribution < -0.4 is 20.1 Å². The third-order valence-corrected chi connectivity index (χ3v) is 4.46. The Balaban J connectivity index is 0.00000512. The van der Waals surface area contributed by atoms with Crippen molar-refractivity contribution in [2.24, 2.45) is 4.99 Å². The third kappa shape index (κ3) is 7.57. The zero-order chi connectivity index (χ0) is 23.0. The quantitative estimate of drug-likeness (QED) is 0.218. The molecule has 1 aromatic heterocycles. The molecule has 1 aromatic carbocycles. The van der Waals surface area contributed by atoms with E-state index >= 15 is 0 Å². The molecule has 0 radical (unpaired) electrons. The predicted molar refractivity (Wildman–Crippen MR) is 128 cm³/mol. The van der Waals surface area contributed by atoms with E-state index in [1.54, 1.807) is 21.3 Å². The molecule has 0 saturated heterocycles. The van der Waals surface area contributed by atoms with E-state index in [1.807, 2.05) is 31.0 Å². The van der Waals surface area contributed by atoms with Crippen LogP contribution in [0.15, 0.2) is 29.4 Å². The van der Waals surface area contributed by atoms with Gasteiger partial charge in [-0.15, -0.1) is 24.0 Å². The SMILES string of the molecule is CN=C(NCCNc1nccc(C(F)(F)F)n1)N(C)Cc1cc(OC)c(OC)cc1C.I. The van der Waals surface area contributed by atoms with Crippen LogP contribution in [0.2, 0.25) is 0 Å². The number of nitrogens with one attached hydrogen (secondary N) is 2. The Morgan fingerprint density at radius 2 is 1.81 bits per heavy atom. The first-order chi connectivity index (χ1) is 14.7. The molecule has 1 heterocycles. The molecule has 2 aromatic rings. The first-order valence-corrected chi connectivity index (χ1v) is 9.47. The monoisotopic (exact) mass is 568 g/mol. The van der Waals surface area contributed by atoms with Crippen LogP contribution in [0.1, 0.15) is 16.8 Å². The molecule has 2 rings (SSSR count). The standard InChI is InChI=1S/C20H27F3N6O2.HI/c1-13-10-15(30-4)16(31-5)11-14(13)12-29(3)19(24-2)27-9-8-26-18-25-7-6-17(28-18)20(21,22)23;/h6-7,10-11H,8-9,12H2,1-5H3,(H,24,27)(H,25,26,28);1H. The zero-order valence-electron chi connectivity index (χ0n) is 18.6. The Bertz CT molecular complexity index is 911. The normalized spacial score (nSPS) is 11.4. The van der Waals surface area contributed by atoms with Gasteiger partial charge in [0.2, 0.25) is 5.95 Å². The molecular weight excluding hydrogens is 540 g/mol. The van der Waals surface area contributed by atoms with Crippen LogP contribution in [0.25, 0.3) is 0 Å². The Labute approximate surface area is 202 Å². The van der Waals surface area contributed by atoms with Gasteiger partial charge in [-0.2, -0.15) is 13.2 Å². The predicted octanol–water partition coefficient (Wildman–Crippen LogP) is 3.56. The highest BCUT2D eigenvalue weighted by molar-refractivity contribution is 14.0. The van der Waals surface area contributed by atoms with E-state index in [0.717, 1.165) is 23.4 Å². The summed E-state index contributed by atoms with van der Waals surface area (Å²) in [7, 11) is 6.72. The number of alkyl halides is 3. The number of halogens is 4. The minimum absolute atomic E-state index is 0. The average molecular weight is 568 g/mol. The van der Waals surface area contributed by atoms with Crippen LogP contribution in [-0.4, -0.2) is 62.2 Å². The molecule has 0 fully saturated rings. The van der Waals surface area contributed by atoms with Gasteiger partial charge < -0.3 is 25.0 Å². The minimum atomic E-state index is -4.51. The summed E-state index contributed by atoms with van der Waals surface area (Å²) < 4.78 is 48.9. The number of hydrogen-bond donors (Lipinski definition) is 2. The smallest absolute Gasteiger partial charge is 0.433 e. The number of hydrogen-bond acceptors (Lipinski definition) is 6. The van der Waals surface area contributed by atoms with Crippen LogP contribution >= 0.6 is 24.0 Å². The van der Waals surface area contributed by atoms with Gasteiger partial charge in [0.1, 0.15) is 5.69 Å². The van der Waals surface area contributed by atoms with E-state index in [2.05, 4.69) is 25.6 Å². The number of anilines is 1. The van der Waals surface area contributed by atoms with Crippen molar-refractivity contribution in [2.45, 2.75) is 19.6 Å². The van der Waals surface area contributed by atoms with Gasteiger partial charge in [0.05, 0.1) is 14.2 Å². The molecule has 0 atom stereocenters. The first kappa shape index (κ1) is 27.5. The molecule has 178 valence electrons. The zero-order valence-corrected chi connectivity index (χ0v) is 20.9. The van der Waals surface area contributed by atoms with Crippen molar-refractivity contribution in [1.29, 1.82) is 0 Å². The summed E-state index contributed by atoms with van der Waals surface area (Å²) in [6.45, 7) is 3.27. The highest BCUT2D eigenvalue weighted by Gasteiger charge is 2.32. The second kappa shape index (κ2) is 12.5. The molecule has 0 bridgehead atoms. The number of aromatic nitrogens is 2. The summed E-state index contributed by atoms with van der Waals surface area (Å²) in [5.41, 5.74) is 1.10. The van der Waals surface area contributed by atoms with Gasteiger partial charge in [0, 0.05) is 39.9 Å². The highest BCUT2D eigenvalue weighted by atomic mass is 127. The van der Waals surface area contributed by atoms with Crippen LogP contribution in [0.4, 0.5) is 19.1 Å². The van der Waals surface area contributed by atoms with Gasteiger partial charge >= 0.3 is 6.18 Å². The van der Waals surface area contributed by atoms with Gasteiger partial charge in [-0.25, -0.2) is 9.97 Å². The molecule has 2 N–H and O–H groups in total. The number of aryl methyl sites for hydroxylation is 1. The topological polar surface area (TPSA) is 83.9 Å². The second-order valence-electron chi connectivity index (χ2n) is 6.65. The largest absolute Gasteiger partial charge is 0.493 e. The summed E-state index contributed by atoms with van der Waals surface area (Å²) in [6.07, 6.45) is -3.44. The van der Waals surface area contributed by atoms with Crippen molar-refractivity contribution in [1.82, 2.24) is 20.2 Å². The van der Waals surface area contributed by atoms with Gasteiger partial charge in [-0.3, -0.25) is 4.99 Å². The van der Waals surface area contributed by atoms with E-state index < -0.39 is 11.9 Å². The van der Waals surface area contributed by atoms with E-state index in [9.17, 15) is 13.2 Å². The molecule has 0 aliphatic heterocycles. The molecule has 8 nitrogen and oxygen atoms in total. The Kier molecular flexibility index (Phi) is 10.8. The molecule has 32 heavy (non-hydrogen) atoms. The van der Waals surface area contributed by atoms with Gasteiger partial charge in [-0.1, -0.05) is 0 Å². The number of ether oxygens (including phenoxy) is 2. The number of methoxy groups -OCH3 is 2. The van der Waals surface area contributed by atoms with Crippen molar-refractivity contribution in [3.05, 3.63) is 41.2 Å². The summed E-state index contributed by atoms with van der Waals surface area (Å²) in [4.78, 5) is 13.5.